The highest BCUT2D eigenvalue weighted by atomic mass is 16.2. The van der Waals surface area contributed by atoms with E-state index >= 15 is 0 Å². The van der Waals surface area contributed by atoms with Crippen LogP contribution in [0.3, 0.4) is 0 Å². The van der Waals surface area contributed by atoms with E-state index in [2.05, 4.69) is 5.32 Å². The number of carbonyl (C=O) groups excluding carboxylic acids is 1. The Morgan fingerprint density at radius 2 is 1.82 bits per heavy atom. The number of benzene rings is 1. The number of hydrogen-bond acceptors (Lipinski definition) is 2. The van der Waals surface area contributed by atoms with Crippen LogP contribution in [0.5, 0.6) is 0 Å². The van der Waals surface area contributed by atoms with Crippen molar-refractivity contribution in [3.8, 4) is 0 Å². The van der Waals surface area contributed by atoms with Gasteiger partial charge < -0.3 is 10.2 Å². The second-order valence-electron chi connectivity index (χ2n) is 4.72. The first kappa shape index (κ1) is 12.1. The molecule has 0 spiro atoms. The van der Waals surface area contributed by atoms with Gasteiger partial charge in [0.2, 0.25) is 0 Å². The molecule has 0 radical (unpaired) electrons. The molecule has 1 saturated heterocycles. The molecule has 3 nitrogen and oxygen atoms in total. The lowest BCUT2D eigenvalue weighted by Crippen LogP contribution is -2.43. The lowest BCUT2D eigenvalue weighted by atomic mass is 10.0. The van der Waals surface area contributed by atoms with Crippen LogP contribution in [0.25, 0.3) is 0 Å². The summed E-state index contributed by atoms with van der Waals surface area (Å²) in [6.45, 7) is 3.75. The quantitative estimate of drug-likeness (QED) is 0.843. The zero-order chi connectivity index (χ0) is 12.3. The third kappa shape index (κ3) is 2.86. The van der Waals surface area contributed by atoms with E-state index in [1.54, 1.807) is 0 Å². The summed E-state index contributed by atoms with van der Waals surface area (Å²) in [6.07, 6.45) is 2.10. The van der Waals surface area contributed by atoms with E-state index in [1.165, 1.54) is 5.56 Å². The molecule has 0 saturated carbocycles. The van der Waals surface area contributed by atoms with Crippen molar-refractivity contribution in [1.82, 2.24) is 10.2 Å². The molecule has 0 bridgehead atoms. The minimum absolute atomic E-state index is 0.166. The van der Waals surface area contributed by atoms with Crippen molar-refractivity contribution in [2.45, 2.75) is 25.8 Å². The first-order valence-electron chi connectivity index (χ1n) is 6.24. The average molecular weight is 232 g/mol. The summed E-state index contributed by atoms with van der Waals surface area (Å²) in [5.74, 6) is 0.166. The zero-order valence-corrected chi connectivity index (χ0v) is 10.6. The molecule has 92 valence electrons. The molecular weight excluding hydrogens is 212 g/mol. The first-order chi connectivity index (χ1) is 8.20. The number of carbonyl (C=O) groups is 1. The van der Waals surface area contributed by atoms with E-state index < -0.39 is 0 Å². The van der Waals surface area contributed by atoms with E-state index in [-0.39, 0.29) is 5.91 Å². The topological polar surface area (TPSA) is 32.3 Å². The Kier molecular flexibility index (Phi) is 3.79. The standard InChI is InChI=1S/C14H20N2O/c1-11-3-5-12(6-4-11)14(17)16-9-7-13(15-2)8-10-16/h3-6,13,15H,7-10H2,1-2H3. The molecule has 1 aliphatic heterocycles. The van der Waals surface area contributed by atoms with E-state index in [0.29, 0.717) is 6.04 Å². The van der Waals surface area contributed by atoms with Gasteiger partial charge in [-0.2, -0.15) is 0 Å². The van der Waals surface area contributed by atoms with Crippen LogP contribution < -0.4 is 5.32 Å². The predicted octanol–water partition coefficient (Wildman–Crippen LogP) is 1.82. The van der Waals surface area contributed by atoms with Gasteiger partial charge >= 0.3 is 0 Å². The molecule has 1 N–H and O–H groups in total. The highest BCUT2D eigenvalue weighted by Gasteiger charge is 2.22. The van der Waals surface area contributed by atoms with E-state index in [1.807, 2.05) is 43.1 Å². The molecule has 1 aliphatic rings. The van der Waals surface area contributed by atoms with Crippen LogP contribution in [0.1, 0.15) is 28.8 Å². The van der Waals surface area contributed by atoms with Gasteiger partial charge in [-0.1, -0.05) is 17.7 Å². The summed E-state index contributed by atoms with van der Waals surface area (Å²) in [4.78, 5) is 14.2. The SMILES string of the molecule is CNC1CCN(C(=O)c2ccc(C)cc2)CC1. The molecule has 1 aromatic rings. The Hall–Kier alpha value is -1.35. The molecule has 1 fully saturated rings. The van der Waals surface area contributed by atoms with Crippen molar-refractivity contribution in [1.29, 1.82) is 0 Å². The van der Waals surface area contributed by atoms with Crippen LogP contribution in [0.15, 0.2) is 24.3 Å². The molecule has 2 rings (SSSR count). The summed E-state index contributed by atoms with van der Waals surface area (Å²) >= 11 is 0. The van der Waals surface area contributed by atoms with Gasteiger partial charge in [-0.25, -0.2) is 0 Å². The molecule has 3 heteroatoms. The van der Waals surface area contributed by atoms with Crippen molar-refractivity contribution < 1.29 is 4.79 Å². The van der Waals surface area contributed by atoms with E-state index in [9.17, 15) is 4.79 Å². The van der Waals surface area contributed by atoms with Gasteiger partial charge in [0.05, 0.1) is 0 Å². The van der Waals surface area contributed by atoms with Crippen LogP contribution in [-0.2, 0) is 0 Å². The van der Waals surface area contributed by atoms with E-state index in [4.69, 9.17) is 0 Å². The molecular formula is C14H20N2O. The van der Waals surface area contributed by atoms with Crippen LogP contribution in [0, 0.1) is 6.92 Å². The summed E-state index contributed by atoms with van der Waals surface area (Å²) in [5.41, 5.74) is 1.99. The molecule has 1 aromatic carbocycles. The highest BCUT2D eigenvalue weighted by Crippen LogP contribution is 2.14. The predicted molar refractivity (Wildman–Crippen MR) is 69.2 cm³/mol. The van der Waals surface area contributed by atoms with Crippen molar-refractivity contribution in [2.24, 2.45) is 0 Å². The molecule has 17 heavy (non-hydrogen) atoms. The summed E-state index contributed by atoms with van der Waals surface area (Å²) < 4.78 is 0. The Morgan fingerprint density at radius 3 is 2.35 bits per heavy atom. The second-order valence-corrected chi connectivity index (χ2v) is 4.72. The average Bonchev–Trinajstić information content (AvgIpc) is 2.39. The fourth-order valence-corrected chi connectivity index (χ4v) is 2.25. The molecule has 0 aromatic heterocycles. The minimum atomic E-state index is 0.166. The highest BCUT2D eigenvalue weighted by molar-refractivity contribution is 5.94. The number of rotatable bonds is 2. The van der Waals surface area contributed by atoms with Gasteiger partial charge in [0.25, 0.3) is 5.91 Å². The largest absolute Gasteiger partial charge is 0.339 e. The number of hydrogen-bond donors (Lipinski definition) is 1. The summed E-state index contributed by atoms with van der Waals surface area (Å²) in [5, 5.41) is 3.27. The van der Waals surface area contributed by atoms with Gasteiger partial charge in [-0.15, -0.1) is 0 Å². The van der Waals surface area contributed by atoms with Crippen molar-refractivity contribution >= 4 is 5.91 Å². The number of aryl methyl sites for hydroxylation is 1. The number of nitrogens with one attached hydrogen (secondary N) is 1. The second kappa shape index (κ2) is 5.32. The molecule has 0 atom stereocenters. The van der Waals surface area contributed by atoms with Crippen LogP contribution in [0.4, 0.5) is 0 Å². The van der Waals surface area contributed by atoms with E-state index in [0.717, 1.165) is 31.5 Å². The van der Waals surface area contributed by atoms with Gasteiger partial charge in [0.15, 0.2) is 0 Å². The van der Waals surface area contributed by atoms with Gasteiger partial charge in [-0.3, -0.25) is 4.79 Å². The van der Waals surface area contributed by atoms with Crippen LogP contribution in [0.2, 0.25) is 0 Å². The van der Waals surface area contributed by atoms with Gasteiger partial charge in [0, 0.05) is 24.7 Å². The van der Waals surface area contributed by atoms with Crippen molar-refractivity contribution in [3.05, 3.63) is 35.4 Å². The fourth-order valence-electron chi connectivity index (χ4n) is 2.25. The van der Waals surface area contributed by atoms with Crippen LogP contribution in [-0.4, -0.2) is 37.0 Å². The van der Waals surface area contributed by atoms with Gasteiger partial charge in [0.1, 0.15) is 0 Å². The monoisotopic (exact) mass is 232 g/mol. The normalized spacial score (nSPS) is 17.2. The molecule has 0 aliphatic carbocycles. The molecule has 1 amide bonds. The number of likely N-dealkylation sites (tertiary alicyclic amines) is 1. The number of piperidine rings is 1. The first-order valence-corrected chi connectivity index (χ1v) is 6.24. The maximum Gasteiger partial charge on any atom is 0.253 e. The van der Waals surface area contributed by atoms with Gasteiger partial charge in [-0.05, 0) is 38.9 Å². The summed E-state index contributed by atoms with van der Waals surface area (Å²) in [7, 11) is 1.99. The third-order valence-electron chi connectivity index (χ3n) is 3.49. The third-order valence-corrected chi connectivity index (χ3v) is 3.49. The maximum absolute atomic E-state index is 12.2. The Balaban J connectivity index is 1.99. The van der Waals surface area contributed by atoms with Crippen molar-refractivity contribution in [2.75, 3.05) is 20.1 Å². The number of nitrogens with zero attached hydrogens (tertiary/aromatic N) is 1. The summed E-state index contributed by atoms with van der Waals surface area (Å²) in [6, 6.07) is 8.39. The van der Waals surface area contributed by atoms with Crippen LogP contribution >= 0.6 is 0 Å². The number of amides is 1. The Bertz CT molecular complexity index is 378. The zero-order valence-electron chi connectivity index (χ0n) is 10.6. The lowest BCUT2D eigenvalue weighted by Gasteiger charge is -2.31. The molecule has 1 heterocycles. The Labute approximate surface area is 103 Å². The molecule has 0 unspecified atom stereocenters. The Morgan fingerprint density at radius 1 is 1.24 bits per heavy atom. The smallest absolute Gasteiger partial charge is 0.253 e. The lowest BCUT2D eigenvalue weighted by molar-refractivity contribution is 0.0707. The van der Waals surface area contributed by atoms with Crippen molar-refractivity contribution in [3.63, 3.8) is 0 Å². The minimum Gasteiger partial charge on any atom is -0.339 e. The maximum atomic E-state index is 12.2. The fraction of sp³-hybridized carbons (Fsp3) is 0.500.